The lowest BCUT2D eigenvalue weighted by Gasteiger charge is -2.02. The summed E-state index contributed by atoms with van der Waals surface area (Å²) in [5, 5.41) is 9.39. The Morgan fingerprint density at radius 1 is 1.05 bits per heavy atom. The highest BCUT2D eigenvalue weighted by Gasteiger charge is 2.08. The molecule has 0 radical (unpaired) electrons. The third-order valence-corrected chi connectivity index (χ3v) is 3.78. The molecule has 0 N–H and O–H groups in total. The number of nitrogens with zero attached hydrogens (tertiary/aromatic N) is 4. The molecular formula is C16H15ClN4. The number of aromatic nitrogens is 2. The minimum atomic E-state index is 0.642. The van der Waals surface area contributed by atoms with Crippen LogP contribution in [0.4, 0.5) is 11.5 Å². The first kappa shape index (κ1) is 13.8. The van der Waals surface area contributed by atoms with Crippen LogP contribution in [0.25, 0.3) is 5.65 Å². The van der Waals surface area contributed by atoms with Crippen LogP contribution in [0.1, 0.15) is 16.8 Å². The van der Waals surface area contributed by atoms with Crippen molar-refractivity contribution in [1.82, 2.24) is 9.38 Å². The van der Waals surface area contributed by atoms with E-state index in [4.69, 9.17) is 11.6 Å². The molecule has 0 saturated carbocycles. The summed E-state index contributed by atoms with van der Waals surface area (Å²) in [5.41, 5.74) is 4.83. The van der Waals surface area contributed by atoms with Crippen molar-refractivity contribution in [3.8, 4) is 0 Å². The van der Waals surface area contributed by atoms with Crippen molar-refractivity contribution in [2.24, 2.45) is 10.2 Å². The van der Waals surface area contributed by atoms with Gasteiger partial charge in [0, 0.05) is 6.20 Å². The molecule has 0 saturated heterocycles. The molecule has 5 heteroatoms. The number of hydrogen-bond donors (Lipinski definition) is 0. The smallest absolute Gasteiger partial charge is 0.182 e. The summed E-state index contributed by atoms with van der Waals surface area (Å²) in [4.78, 5) is 4.46. The van der Waals surface area contributed by atoms with E-state index in [1.807, 2.05) is 42.5 Å². The van der Waals surface area contributed by atoms with Gasteiger partial charge in [-0.1, -0.05) is 23.7 Å². The summed E-state index contributed by atoms with van der Waals surface area (Å²) >= 11 is 6.04. The minimum Gasteiger partial charge on any atom is -0.281 e. The monoisotopic (exact) mass is 298 g/mol. The van der Waals surface area contributed by atoms with Gasteiger partial charge < -0.3 is 0 Å². The van der Waals surface area contributed by atoms with Gasteiger partial charge in [-0.25, -0.2) is 4.98 Å². The summed E-state index contributed by atoms with van der Waals surface area (Å²) in [6.07, 6.45) is 1.80. The summed E-state index contributed by atoms with van der Waals surface area (Å²) in [7, 11) is 0. The fourth-order valence-electron chi connectivity index (χ4n) is 2.19. The lowest BCUT2D eigenvalue weighted by molar-refractivity contribution is 1.09. The SMILES string of the molecule is Cc1cccc(N=Nc2c(C)nc3ccc(Cl)cn23)c1C. The Labute approximate surface area is 128 Å². The summed E-state index contributed by atoms with van der Waals surface area (Å²) in [6.45, 7) is 6.02. The van der Waals surface area contributed by atoms with Gasteiger partial charge in [0.2, 0.25) is 0 Å². The van der Waals surface area contributed by atoms with E-state index in [0.717, 1.165) is 22.6 Å². The van der Waals surface area contributed by atoms with Crippen molar-refractivity contribution in [3.63, 3.8) is 0 Å². The Hall–Kier alpha value is -2.20. The molecule has 0 unspecified atom stereocenters. The minimum absolute atomic E-state index is 0.642. The molecule has 3 rings (SSSR count). The summed E-state index contributed by atoms with van der Waals surface area (Å²) < 4.78 is 1.85. The van der Waals surface area contributed by atoms with Crippen LogP contribution in [-0.2, 0) is 0 Å². The number of halogens is 1. The molecule has 2 aromatic heterocycles. The number of benzene rings is 1. The van der Waals surface area contributed by atoms with Crippen LogP contribution in [0.3, 0.4) is 0 Å². The van der Waals surface area contributed by atoms with Crippen molar-refractivity contribution >= 4 is 28.8 Å². The van der Waals surface area contributed by atoms with E-state index in [2.05, 4.69) is 28.2 Å². The number of fused-ring (bicyclic) bond motifs is 1. The number of pyridine rings is 1. The van der Waals surface area contributed by atoms with E-state index in [0.29, 0.717) is 10.8 Å². The van der Waals surface area contributed by atoms with E-state index in [-0.39, 0.29) is 0 Å². The number of imidazole rings is 1. The summed E-state index contributed by atoms with van der Waals surface area (Å²) in [5.74, 6) is 0.702. The molecule has 0 aliphatic rings. The van der Waals surface area contributed by atoms with Crippen molar-refractivity contribution in [3.05, 3.63) is 58.4 Å². The lowest BCUT2D eigenvalue weighted by atomic mass is 10.1. The summed E-state index contributed by atoms with van der Waals surface area (Å²) in [6, 6.07) is 9.68. The molecule has 4 nitrogen and oxygen atoms in total. The topological polar surface area (TPSA) is 42.0 Å². The van der Waals surface area contributed by atoms with E-state index in [1.165, 1.54) is 5.56 Å². The second-order valence-electron chi connectivity index (χ2n) is 5.02. The average molecular weight is 299 g/mol. The second kappa shape index (κ2) is 5.30. The second-order valence-corrected chi connectivity index (χ2v) is 5.45. The van der Waals surface area contributed by atoms with Crippen LogP contribution in [0.5, 0.6) is 0 Å². The van der Waals surface area contributed by atoms with E-state index >= 15 is 0 Å². The highest BCUT2D eigenvalue weighted by atomic mass is 35.5. The van der Waals surface area contributed by atoms with Gasteiger partial charge in [-0.2, -0.15) is 0 Å². The fourth-order valence-corrected chi connectivity index (χ4v) is 2.35. The molecule has 0 aliphatic heterocycles. The molecule has 0 bridgehead atoms. The first-order chi connectivity index (χ1) is 10.1. The third kappa shape index (κ3) is 2.54. The van der Waals surface area contributed by atoms with Crippen LogP contribution >= 0.6 is 11.6 Å². The van der Waals surface area contributed by atoms with E-state index in [9.17, 15) is 0 Å². The highest BCUT2D eigenvalue weighted by Crippen LogP contribution is 2.27. The Balaban J connectivity index is 2.09. The van der Waals surface area contributed by atoms with Crippen molar-refractivity contribution in [2.75, 3.05) is 0 Å². The molecule has 106 valence electrons. The normalized spacial score (nSPS) is 11.6. The maximum atomic E-state index is 6.04. The lowest BCUT2D eigenvalue weighted by Crippen LogP contribution is -1.83. The average Bonchev–Trinajstić information content (AvgIpc) is 2.76. The van der Waals surface area contributed by atoms with E-state index in [1.54, 1.807) is 6.20 Å². The number of rotatable bonds is 2. The zero-order valence-corrected chi connectivity index (χ0v) is 12.9. The van der Waals surface area contributed by atoms with Gasteiger partial charge in [-0.15, -0.1) is 10.2 Å². The van der Waals surface area contributed by atoms with Crippen molar-refractivity contribution in [1.29, 1.82) is 0 Å². The van der Waals surface area contributed by atoms with Gasteiger partial charge in [-0.05, 0) is 50.1 Å². The van der Waals surface area contributed by atoms with Crippen molar-refractivity contribution in [2.45, 2.75) is 20.8 Å². The predicted molar refractivity (Wildman–Crippen MR) is 85.0 cm³/mol. The maximum Gasteiger partial charge on any atom is 0.182 e. The van der Waals surface area contributed by atoms with Gasteiger partial charge in [0.05, 0.1) is 16.4 Å². The van der Waals surface area contributed by atoms with Gasteiger partial charge in [0.25, 0.3) is 0 Å². The largest absolute Gasteiger partial charge is 0.281 e. The van der Waals surface area contributed by atoms with Gasteiger partial charge in [0.15, 0.2) is 5.82 Å². The Morgan fingerprint density at radius 2 is 1.86 bits per heavy atom. The van der Waals surface area contributed by atoms with Gasteiger partial charge >= 0.3 is 0 Å². The highest BCUT2D eigenvalue weighted by molar-refractivity contribution is 6.30. The third-order valence-electron chi connectivity index (χ3n) is 3.55. The van der Waals surface area contributed by atoms with Crippen LogP contribution in [-0.4, -0.2) is 9.38 Å². The van der Waals surface area contributed by atoms with Gasteiger partial charge in [0.1, 0.15) is 5.65 Å². The molecular weight excluding hydrogens is 284 g/mol. The first-order valence-corrected chi connectivity index (χ1v) is 7.06. The molecule has 21 heavy (non-hydrogen) atoms. The zero-order chi connectivity index (χ0) is 15.0. The zero-order valence-electron chi connectivity index (χ0n) is 12.1. The first-order valence-electron chi connectivity index (χ1n) is 6.68. The molecule has 2 heterocycles. The van der Waals surface area contributed by atoms with Crippen LogP contribution in [0.15, 0.2) is 46.8 Å². The number of aryl methyl sites for hydroxylation is 2. The van der Waals surface area contributed by atoms with Crippen LogP contribution < -0.4 is 0 Å². The Bertz CT molecular complexity index is 849. The van der Waals surface area contributed by atoms with Crippen molar-refractivity contribution < 1.29 is 0 Å². The molecule has 0 aliphatic carbocycles. The molecule has 3 aromatic rings. The maximum absolute atomic E-state index is 6.04. The number of hydrogen-bond acceptors (Lipinski definition) is 3. The Kier molecular flexibility index (Phi) is 3.47. The molecule has 0 fully saturated rings. The Morgan fingerprint density at radius 3 is 2.67 bits per heavy atom. The van der Waals surface area contributed by atoms with Gasteiger partial charge in [-0.3, -0.25) is 4.40 Å². The fraction of sp³-hybridized carbons (Fsp3) is 0.188. The number of azo groups is 1. The van der Waals surface area contributed by atoms with Crippen LogP contribution in [0, 0.1) is 20.8 Å². The molecule has 0 atom stereocenters. The molecule has 1 aromatic carbocycles. The van der Waals surface area contributed by atoms with E-state index < -0.39 is 0 Å². The standard InChI is InChI=1S/C16H15ClN4/c1-10-5-4-6-14(11(10)2)19-20-16-12(3)18-15-8-7-13(17)9-21(15)16/h4-9H,1-3H3. The van der Waals surface area contributed by atoms with Crippen LogP contribution in [0.2, 0.25) is 5.02 Å². The molecule has 0 spiro atoms. The predicted octanol–water partition coefficient (Wildman–Crippen LogP) is 5.33. The molecule has 0 amide bonds. The quantitative estimate of drug-likeness (QED) is 0.590.